The molecule has 1 aromatic carbocycles. The van der Waals surface area contributed by atoms with Gasteiger partial charge in [-0.1, -0.05) is 6.58 Å². The molecule has 0 unspecified atom stereocenters. The van der Waals surface area contributed by atoms with Crippen LogP contribution < -0.4 is 4.90 Å². The number of hydrogen-bond donors (Lipinski definition) is 1. The van der Waals surface area contributed by atoms with Crippen molar-refractivity contribution in [3.05, 3.63) is 66.6 Å². The standard InChI is InChI=1S/C26H30N6O/c1-5-30-13-12-22(29-30)16-31-24-10-8-20(19(4)33)14-23(24)28-26(31)21-9-11-25(27-15-21)32-17(2)6-7-18(32)3/h8-15,17-18,33H,4-7,16H2,1-3H3/t17-,18+. The molecule has 4 aromatic rings. The maximum absolute atomic E-state index is 9.86. The van der Waals surface area contributed by atoms with Crippen LogP contribution in [0.5, 0.6) is 0 Å². The normalized spacial score (nSPS) is 18.3. The van der Waals surface area contributed by atoms with Gasteiger partial charge >= 0.3 is 0 Å². The highest BCUT2D eigenvalue weighted by molar-refractivity contribution is 5.83. The van der Waals surface area contributed by atoms with Gasteiger partial charge in [0.15, 0.2) is 0 Å². The van der Waals surface area contributed by atoms with Crippen LogP contribution in [0.15, 0.2) is 55.4 Å². The number of pyridine rings is 1. The number of imidazole rings is 1. The lowest BCUT2D eigenvalue weighted by Crippen LogP contribution is -2.33. The van der Waals surface area contributed by atoms with E-state index in [4.69, 9.17) is 9.97 Å². The van der Waals surface area contributed by atoms with Crippen molar-refractivity contribution >= 4 is 22.6 Å². The average Bonchev–Trinajstić information content (AvgIpc) is 3.51. The Morgan fingerprint density at radius 3 is 2.55 bits per heavy atom. The highest BCUT2D eigenvalue weighted by Crippen LogP contribution is 2.31. The first-order chi connectivity index (χ1) is 15.9. The molecule has 0 aliphatic carbocycles. The van der Waals surface area contributed by atoms with Gasteiger partial charge in [-0.25, -0.2) is 9.97 Å². The molecule has 1 fully saturated rings. The van der Waals surface area contributed by atoms with Gasteiger partial charge in [-0.15, -0.1) is 0 Å². The van der Waals surface area contributed by atoms with Crippen LogP contribution in [0.25, 0.3) is 28.2 Å². The van der Waals surface area contributed by atoms with Gasteiger partial charge in [-0.3, -0.25) is 4.68 Å². The van der Waals surface area contributed by atoms with Gasteiger partial charge in [-0.05, 0) is 70.0 Å². The minimum Gasteiger partial charge on any atom is -0.508 e. The number of aliphatic hydroxyl groups excluding tert-OH is 1. The number of benzene rings is 1. The fourth-order valence-corrected chi connectivity index (χ4v) is 4.83. The van der Waals surface area contributed by atoms with E-state index in [9.17, 15) is 5.11 Å². The third-order valence-corrected chi connectivity index (χ3v) is 6.64. The molecule has 0 bridgehead atoms. The number of aryl methyl sites for hydroxylation is 1. The molecule has 0 spiro atoms. The van der Waals surface area contributed by atoms with Crippen LogP contribution in [-0.4, -0.2) is 41.5 Å². The van der Waals surface area contributed by atoms with Gasteiger partial charge in [-0.2, -0.15) is 5.10 Å². The van der Waals surface area contributed by atoms with Crippen molar-refractivity contribution in [2.75, 3.05) is 4.90 Å². The van der Waals surface area contributed by atoms with E-state index in [1.54, 1.807) is 0 Å². The smallest absolute Gasteiger partial charge is 0.143 e. The first-order valence-electron chi connectivity index (χ1n) is 11.6. The van der Waals surface area contributed by atoms with Crippen molar-refractivity contribution in [1.82, 2.24) is 24.3 Å². The van der Waals surface area contributed by atoms with E-state index >= 15 is 0 Å². The number of aromatic nitrogens is 5. The molecule has 1 aliphatic rings. The zero-order chi connectivity index (χ0) is 23.1. The fourth-order valence-electron chi connectivity index (χ4n) is 4.83. The summed E-state index contributed by atoms with van der Waals surface area (Å²) in [5, 5.41) is 14.5. The van der Waals surface area contributed by atoms with Gasteiger partial charge in [0, 0.05) is 42.1 Å². The van der Waals surface area contributed by atoms with Crippen LogP contribution in [0, 0.1) is 0 Å². The summed E-state index contributed by atoms with van der Waals surface area (Å²) in [5.74, 6) is 1.88. The van der Waals surface area contributed by atoms with Crippen LogP contribution in [-0.2, 0) is 13.1 Å². The SMILES string of the molecule is C=C(O)c1ccc2c(c1)nc(-c1ccc(N3[C@H](C)CC[C@@H]3C)nc1)n2Cc1ccn(CC)n1. The Hall–Kier alpha value is -3.61. The Morgan fingerprint density at radius 2 is 1.91 bits per heavy atom. The number of anilines is 1. The fraction of sp³-hybridized carbons (Fsp3) is 0.346. The molecule has 0 saturated carbocycles. The van der Waals surface area contributed by atoms with Crippen LogP contribution in [0.4, 0.5) is 5.82 Å². The van der Waals surface area contributed by atoms with E-state index in [0.29, 0.717) is 24.2 Å². The zero-order valence-corrected chi connectivity index (χ0v) is 19.4. The second-order valence-corrected chi connectivity index (χ2v) is 8.92. The Kier molecular flexibility index (Phi) is 5.40. The molecule has 0 amide bonds. The Morgan fingerprint density at radius 1 is 1.12 bits per heavy atom. The number of fused-ring (bicyclic) bond motifs is 1. The second-order valence-electron chi connectivity index (χ2n) is 8.92. The summed E-state index contributed by atoms with van der Waals surface area (Å²) in [6.45, 7) is 11.7. The van der Waals surface area contributed by atoms with Crippen molar-refractivity contribution in [3.63, 3.8) is 0 Å². The van der Waals surface area contributed by atoms with E-state index in [-0.39, 0.29) is 5.76 Å². The van der Waals surface area contributed by atoms with Crippen LogP contribution >= 0.6 is 0 Å². The molecule has 2 atom stereocenters. The molecule has 1 saturated heterocycles. The molecule has 1 aliphatic heterocycles. The van der Waals surface area contributed by atoms with Gasteiger partial charge in [0.2, 0.25) is 0 Å². The molecule has 0 radical (unpaired) electrons. The molecule has 170 valence electrons. The van der Waals surface area contributed by atoms with Gasteiger partial charge in [0.25, 0.3) is 0 Å². The van der Waals surface area contributed by atoms with Crippen LogP contribution in [0.2, 0.25) is 0 Å². The number of nitrogens with zero attached hydrogens (tertiary/aromatic N) is 6. The van der Waals surface area contributed by atoms with Crippen molar-refractivity contribution in [3.8, 4) is 11.4 Å². The minimum atomic E-state index is 0.0366. The first kappa shape index (κ1) is 21.2. The molecule has 5 rings (SSSR count). The summed E-state index contributed by atoms with van der Waals surface area (Å²) < 4.78 is 4.09. The Balaban J connectivity index is 1.57. The number of hydrogen-bond acceptors (Lipinski definition) is 5. The first-order valence-corrected chi connectivity index (χ1v) is 11.6. The van der Waals surface area contributed by atoms with Gasteiger partial charge < -0.3 is 14.6 Å². The monoisotopic (exact) mass is 442 g/mol. The quantitative estimate of drug-likeness (QED) is 0.412. The largest absolute Gasteiger partial charge is 0.508 e. The maximum atomic E-state index is 9.86. The zero-order valence-electron chi connectivity index (χ0n) is 19.4. The molecular formula is C26H30N6O. The van der Waals surface area contributed by atoms with E-state index in [2.05, 4.69) is 54.0 Å². The van der Waals surface area contributed by atoms with Crippen molar-refractivity contribution in [1.29, 1.82) is 0 Å². The summed E-state index contributed by atoms with van der Waals surface area (Å²) in [6, 6.07) is 13.0. The average molecular weight is 443 g/mol. The van der Waals surface area contributed by atoms with Crippen molar-refractivity contribution in [2.45, 2.75) is 58.8 Å². The highest BCUT2D eigenvalue weighted by Gasteiger charge is 2.28. The Bertz CT molecular complexity index is 1290. The van der Waals surface area contributed by atoms with E-state index < -0.39 is 0 Å². The lowest BCUT2D eigenvalue weighted by molar-refractivity contribution is 0.514. The lowest BCUT2D eigenvalue weighted by atomic mass is 10.2. The lowest BCUT2D eigenvalue weighted by Gasteiger charge is -2.27. The maximum Gasteiger partial charge on any atom is 0.143 e. The number of rotatable bonds is 6. The Labute approximate surface area is 194 Å². The summed E-state index contributed by atoms with van der Waals surface area (Å²) in [5.41, 5.74) is 4.37. The van der Waals surface area contributed by atoms with E-state index in [0.717, 1.165) is 40.5 Å². The third kappa shape index (κ3) is 3.88. The molecule has 1 N–H and O–H groups in total. The predicted molar refractivity (Wildman–Crippen MR) is 132 cm³/mol. The number of aliphatic hydroxyl groups is 1. The molecule has 7 heteroatoms. The molecular weight excluding hydrogens is 412 g/mol. The van der Waals surface area contributed by atoms with Crippen LogP contribution in [0.3, 0.4) is 0 Å². The van der Waals surface area contributed by atoms with Gasteiger partial charge in [0.05, 0.1) is 23.3 Å². The third-order valence-electron chi connectivity index (χ3n) is 6.64. The van der Waals surface area contributed by atoms with Gasteiger partial charge in [0.1, 0.15) is 17.4 Å². The molecule has 4 heterocycles. The summed E-state index contributed by atoms with van der Waals surface area (Å²) >= 11 is 0. The second kappa shape index (κ2) is 8.39. The highest BCUT2D eigenvalue weighted by atomic mass is 16.3. The summed E-state index contributed by atoms with van der Waals surface area (Å²) in [6.07, 6.45) is 6.31. The van der Waals surface area contributed by atoms with Crippen LogP contribution in [0.1, 0.15) is 44.9 Å². The van der Waals surface area contributed by atoms with Crippen molar-refractivity contribution in [2.24, 2.45) is 0 Å². The molecule has 7 nitrogen and oxygen atoms in total. The summed E-state index contributed by atoms with van der Waals surface area (Å²) in [7, 11) is 0. The minimum absolute atomic E-state index is 0.0366. The topological polar surface area (TPSA) is 72.0 Å². The molecule has 33 heavy (non-hydrogen) atoms. The molecule has 3 aromatic heterocycles. The van der Waals surface area contributed by atoms with E-state index in [1.807, 2.05) is 41.3 Å². The van der Waals surface area contributed by atoms with E-state index in [1.165, 1.54) is 12.8 Å². The summed E-state index contributed by atoms with van der Waals surface area (Å²) in [4.78, 5) is 12.2. The predicted octanol–water partition coefficient (Wildman–Crippen LogP) is 5.27. The van der Waals surface area contributed by atoms with Crippen molar-refractivity contribution < 1.29 is 5.11 Å².